The van der Waals surface area contributed by atoms with Crippen LogP contribution in [0, 0.1) is 0 Å². The first kappa shape index (κ1) is 15.8. The number of hydrogen-bond donors (Lipinski definition) is 1. The SMILES string of the molecule is CCN(CC)c1nc(N)nc(N2CCCN(C)CC2C)n1. The van der Waals surface area contributed by atoms with E-state index in [1.54, 1.807) is 0 Å². The predicted octanol–water partition coefficient (Wildman–Crippen LogP) is 0.830. The van der Waals surface area contributed by atoms with Gasteiger partial charge in [-0.2, -0.15) is 15.0 Å². The van der Waals surface area contributed by atoms with Crippen LogP contribution in [0.15, 0.2) is 0 Å². The molecule has 0 aromatic carbocycles. The fraction of sp³-hybridized carbons (Fsp3) is 0.786. The molecule has 1 aliphatic heterocycles. The molecule has 0 radical (unpaired) electrons. The molecule has 2 heterocycles. The van der Waals surface area contributed by atoms with E-state index >= 15 is 0 Å². The third kappa shape index (κ3) is 3.72. The van der Waals surface area contributed by atoms with Crippen molar-refractivity contribution in [2.75, 3.05) is 55.3 Å². The second-order valence-corrected chi connectivity index (χ2v) is 5.62. The normalized spacial score (nSPS) is 20.4. The van der Waals surface area contributed by atoms with Gasteiger partial charge in [-0.05, 0) is 40.8 Å². The van der Waals surface area contributed by atoms with Gasteiger partial charge in [-0.25, -0.2) is 0 Å². The van der Waals surface area contributed by atoms with Crippen LogP contribution >= 0.6 is 0 Å². The molecule has 21 heavy (non-hydrogen) atoms. The van der Waals surface area contributed by atoms with Crippen LogP contribution in [0.25, 0.3) is 0 Å². The molecule has 0 bridgehead atoms. The van der Waals surface area contributed by atoms with Gasteiger partial charge in [0.05, 0.1) is 0 Å². The molecule has 2 N–H and O–H groups in total. The van der Waals surface area contributed by atoms with Gasteiger partial charge in [0.2, 0.25) is 17.8 Å². The Bertz CT molecular complexity index is 461. The number of anilines is 3. The van der Waals surface area contributed by atoms with Gasteiger partial charge in [-0.15, -0.1) is 0 Å². The molecule has 7 heteroatoms. The number of hydrogen-bond acceptors (Lipinski definition) is 7. The molecule has 1 aliphatic rings. The zero-order valence-electron chi connectivity index (χ0n) is 13.6. The highest BCUT2D eigenvalue weighted by Crippen LogP contribution is 2.19. The van der Waals surface area contributed by atoms with Crippen molar-refractivity contribution in [2.24, 2.45) is 0 Å². The molecule has 1 aromatic heterocycles. The number of nitrogens with zero attached hydrogens (tertiary/aromatic N) is 6. The molecule has 1 atom stereocenters. The molecule has 1 saturated heterocycles. The zero-order chi connectivity index (χ0) is 15.4. The monoisotopic (exact) mass is 293 g/mol. The second-order valence-electron chi connectivity index (χ2n) is 5.62. The molecule has 2 rings (SSSR count). The minimum absolute atomic E-state index is 0.298. The maximum absolute atomic E-state index is 5.90. The van der Waals surface area contributed by atoms with E-state index < -0.39 is 0 Å². The Labute approximate surface area is 127 Å². The molecule has 0 amide bonds. The molecular formula is C14H27N7. The number of rotatable bonds is 4. The van der Waals surface area contributed by atoms with Crippen LogP contribution in [-0.4, -0.2) is 65.7 Å². The van der Waals surface area contributed by atoms with Crippen LogP contribution in [0.4, 0.5) is 17.8 Å². The summed E-state index contributed by atoms with van der Waals surface area (Å²) in [5, 5.41) is 0. The van der Waals surface area contributed by atoms with Crippen molar-refractivity contribution in [3.8, 4) is 0 Å². The summed E-state index contributed by atoms with van der Waals surface area (Å²) in [4.78, 5) is 20.0. The molecule has 1 fully saturated rings. The van der Waals surface area contributed by atoms with E-state index in [0.717, 1.165) is 39.1 Å². The lowest BCUT2D eigenvalue weighted by molar-refractivity contribution is 0.337. The van der Waals surface area contributed by atoms with Crippen LogP contribution in [0.5, 0.6) is 0 Å². The highest BCUT2D eigenvalue weighted by Gasteiger charge is 2.23. The van der Waals surface area contributed by atoms with E-state index in [1.807, 2.05) is 0 Å². The quantitative estimate of drug-likeness (QED) is 0.881. The number of likely N-dealkylation sites (N-methyl/N-ethyl adjacent to an activating group) is 1. The average Bonchev–Trinajstić information content (AvgIpc) is 2.60. The predicted molar refractivity (Wildman–Crippen MR) is 86.7 cm³/mol. The third-order valence-electron chi connectivity index (χ3n) is 3.98. The molecule has 7 nitrogen and oxygen atoms in total. The summed E-state index contributed by atoms with van der Waals surface area (Å²) < 4.78 is 0. The summed E-state index contributed by atoms with van der Waals surface area (Å²) in [6.45, 7) is 11.2. The van der Waals surface area contributed by atoms with E-state index in [1.165, 1.54) is 0 Å². The lowest BCUT2D eigenvalue weighted by atomic mass is 10.3. The van der Waals surface area contributed by atoms with E-state index in [4.69, 9.17) is 5.73 Å². The smallest absolute Gasteiger partial charge is 0.232 e. The van der Waals surface area contributed by atoms with Crippen molar-refractivity contribution >= 4 is 17.8 Å². The fourth-order valence-electron chi connectivity index (χ4n) is 2.82. The van der Waals surface area contributed by atoms with E-state index in [0.29, 0.717) is 23.9 Å². The van der Waals surface area contributed by atoms with Crippen molar-refractivity contribution in [1.82, 2.24) is 19.9 Å². The third-order valence-corrected chi connectivity index (χ3v) is 3.98. The minimum Gasteiger partial charge on any atom is -0.368 e. The van der Waals surface area contributed by atoms with E-state index in [9.17, 15) is 0 Å². The summed E-state index contributed by atoms with van der Waals surface area (Å²) in [6, 6.07) is 0.365. The van der Waals surface area contributed by atoms with Crippen LogP contribution in [0.2, 0.25) is 0 Å². The number of aromatic nitrogens is 3. The largest absolute Gasteiger partial charge is 0.368 e. The second kappa shape index (κ2) is 6.89. The molecule has 1 aromatic rings. The molecule has 118 valence electrons. The van der Waals surface area contributed by atoms with Gasteiger partial charge >= 0.3 is 0 Å². The van der Waals surface area contributed by atoms with Crippen LogP contribution in [0.3, 0.4) is 0 Å². The van der Waals surface area contributed by atoms with Crippen molar-refractivity contribution < 1.29 is 0 Å². The van der Waals surface area contributed by atoms with Crippen molar-refractivity contribution in [3.63, 3.8) is 0 Å². The topological polar surface area (TPSA) is 74.4 Å². The Hall–Kier alpha value is -1.63. The van der Waals surface area contributed by atoms with Gasteiger partial charge in [0.25, 0.3) is 0 Å². The van der Waals surface area contributed by atoms with Crippen molar-refractivity contribution in [1.29, 1.82) is 0 Å². The molecule has 0 spiro atoms. The maximum atomic E-state index is 5.90. The summed E-state index contributed by atoms with van der Waals surface area (Å²) in [6.07, 6.45) is 1.10. The molecular weight excluding hydrogens is 266 g/mol. The Morgan fingerprint density at radius 2 is 1.90 bits per heavy atom. The van der Waals surface area contributed by atoms with Crippen LogP contribution < -0.4 is 15.5 Å². The summed E-state index contributed by atoms with van der Waals surface area (Å²) in [5.74, 6) is 1.67. The highest BCUT2D eigenvalue weighted by molar-refractivity contribution is 5.44. The van der Waals surface area contributed by atoms with Gasteiger partial charge in [0.1, 0.15) is 0 Å². The Morgan fingerprint density at radius 3 is 2.57 bits per heavy atom. The van der Waals surface area contributed by atoms with Crippen LogP contribution in [0.1, 0.15) is 27.2 Å². The van der Waals surface area contributed by atoms with E-state index in [2.05, 4.69) is 57.5 Å². The summed E-state index contributed by atoms with van der Waals surface area (Å²) in [7, 11) is 2.16. The van der Waals surface area contributed by atoms with Crippen LogP contribution in [-0.2, 0) is 0 Å². The van der Waals surface area contributed by atoms with Gasteiger partial charge in [-0.3, -0.25) is 0 Å². The standard InChI is InChI=1S/C14H27N7/c1-5-20(6-2)13-16-12(15)17-14(18-13)21-9-7-8-19(4)10-11(21)3/h11H,5-10H2,1-4H3,(H2,15,16,17,18). The fourth-order valence-corrected chi connectivity index (χ4v) is 2.82. The molecule has 1 unspecified atom stereocenters. The maximum Gasteiger partial charge on any atom is 0.232 e. The van der Waals surface area contributed by atoms with Gasteiger partial charge < -0.3 is 20.4 Å². The Kier molecular flexibility index (Phi) is 5.17. The number of nitrogens with two attached hydrogens (primary N) is 1. The lowest BCUT2D eigenvalue weighted by Gasteiger charge is -2.29. The van der Waals surface area contributed by atoms with Crippen molar-refractivity contribution in [2.45, 2.75) is 33.2 Å². The minimum atomic E-state index is 0.298. The van der Waals surface area contributed by atoms with Gasteiger partial charge in [0.15, 0.2) is 0 Å². The van der Waals surface area contributed by atoms with Crippen molar-refractivity contribution in [3.05, 3.63) is 0 Å². The molecule has 0 saturated carbocycles. The number of nitrogen functional groups attached to an aromatic ring is 1. The first-order valence-electron chi connectivity index (χ1n) is 7.76. The highest BCUT2D eigenvalue weighted by atomic mass is 15.4. The lowest BCUT2D eigenvalue weighted by Crippen LogP contribution is -2.39. The Balaban J connectivity index is 2.30. The first-order valence-corrected chi connectivity index (χ1v) is 7.76. The first-order chi connectivity index (χ1) is 10.0. The van der Waals surface area contributed by atoms with E-state index in [-0.39, 0.29) is 0 Å². The average molecular weight is 293 g/mol. The summed E-state index contributed by atoms with van der Waals surface area (Å²) in [5.41, 5.74) is 5.90. The summed E-state index contributed by atoms with van der Waals surface area (Å²) >= 11 is 0. The Morgan fingerprint density at radius 1 is 1.19 bits per heavy atom. The van der Waals surface area contributed by atoms with Gasteiger partial charge in [0, 0.05) is 32.2 Å². The molecule has 0 aliphatic carbocycles. The van der Waals surface area contributed by atoms with Gasteiger partial charge in [-0.1, -0.05) is 0 Å². The zero-order valence-corrected chi connectivity index (χ0v) is 13.6.